The first kappa shape index (κ1) is 14.9. The van der Waals surface area contributed by atoms with E-state index in [1.165, 1.54) is 25.3 Å². The molecular formula is C15H21BrFNO. The van der Waals surface area contributed by atoms with Crippen LogP contribution in [0.5, 0.6) is 0 Å². The molecule has 0 aliphatic heterocycles. The minimum atomic E-state index is -0.239. The maximum absolute atomic E-state index is 13.2. The molecule has 1 saturated carbocycles. The van der Waals surface area contributed by atoms with Crippen LogP contribution in [0.25, 0.3) is 0 Å². The number of ether oxygens (including phenoxy) is 1. The van der Waals surface area contributed by atoms with Crippen molar-refractivity contribution >= 4 is 15.9 Å². The minimum absolute atomic E-state index is 0.0461. The number of methoxy groups -OCH3 is 1. The molecule has 2 rings (SSSR count). The van der Waals surface area contributed by atoms with Crippen molar-refractivity contribution in [1.29, 1.82) is 0 Å². The maximum Gasteiger partial charge on any atom is 0.137 e. The van der Waals surface area contributed by atoms with E-state index in [9.17, 15) is 4.39 Å². The van der Waals surface area contributed by atoms with Gasteiger partial charge in [-0.25, -0.2) is 4.39 Å². The molecule has 2 N–H and O–H groups in total. The first-order chi connectivity index (χ1) is 9.07. The van der Waals surface area contributed by atoms with E-state index in [0.717, 1.165) is 18.4 Å². The van der Waals surface area contributed by atoms with Crippen LogP contribution in [0.3, 0.4) is 0 Å². The molecule has 1 fully saturated rings. The monoisotopic (exact) mass is 329 g/mol. The molecule has 1 aromatic carbocycles. The van der Waals surface area contributed by atoms with Crippen LogP contribution in [-0.4, -0.2) is 18.8 Å². The lowest BCUT2D eigenvalue weighted by atomic mass is 9.77. The van der Waals surface area contributed by atoms with Crippen molar-refractivity contribution < 1.29 is 9.13 Å². The number of nitrogens with two attached hydrogens (primary N) is 1. The molecule has 19 heavy (non-hydrogen) atoms. The van der Waals surface area contributed by atoms with Gasteiger partial charge in [0.1, 0.15) is 5.82 Å². The molecule has 1 unspecified atom stereocenters. The Balaban J connectivity index is 2.10. The summed E-state index contributed by atoms with van der Waals surface area (Å²) in [6, 6.07) is 5.04. The van der Waals surface area contributed by atoms with Gasteiger partial charge in [-0.2, -0.15) is 0 Å². The van der Waals surface area contributed by atoms with E-state index in [1.807, 2.05) is 0 Å². The van der Waals surface area contributed by atoms with E-state index >= 15 is 0 Å². The number of benzene rings is 1. The van der Waals surface area contributed by atoms with E-state index in [4.69, 9.17) is 10.5 Å². The van der Waals surface area contributed by atoms with Gasteiger partial charge in [0.25, 0.3) is 0 Å². The van der Waals surface area contributed by atoms with Gasteiger partial charge in [-0.1, -0.05) is 25.3 Å². The number of hydrogen-bond donors (Lipinski definition) is 1. The second-order valence-electron chi connectivity index (χ2n) is 5.39. The molecule has 1 aliphatic carbocycles. The second kappa shape index (κ2) is 6.33. The van der Waals surface area contributed by atoms with Gasteiger partial charge in [0.2, 0.25) is 0 Å². The Labute approximate surface area is 122 Å². The van der Waals surface area contributed by atoms with Gasteiger partial charge < -0.3 is 10.5 Å². The smallest absolute Gasteiger partial charge is 0.137 e. The normalized spacial score (nSPS) is 20.2. The summed E-state index contributed by atoms with van der Waals surface area (Å²) >= 11 is 3.22. The summed E-state index contributed by atoms with van der Waals surface area (Å²) in [6.07, 6.45) is 6.37. The molecular weight excluding hydrogens is 309 g/mol. The van der Waals surface area contributed by atoms with E-state index in [0.29, 0.717) is 10.9 Å². The molecule has 1 atom stereocenters. The fraction of sp³-hybridized carbons (Fsp3) is 0.600. The van der Waals surface area contributed by atoms with Crippen LogP contribution in [0.2, 0.25) is 0 Å². The predicted octanol–water partition coefficient (Wildman–Crippen LogP) is 3.81. The van der Waals surface area contributed by atoms with Crippen LogP contribution < -0.4 is 5.73 Å². The lowest BCUT2D eigenvalue weighted by molar-refractivity contribution is -0.0582. The first-order valence-corrected chi connectivity index (χ1v) is 7.61. The molecule has 0 bridgehead atoms. The highest BCUT2D eigenvalue weighted by Gasteiger charge is 2.37. The molecule has 4 heteroatoms. The zero-order valence-corrected chi connectivity index (χ0v) is 12.9. The molecule has 0 amide bonds. The number of rotatable bonds is 4. The van der Waals surface area contributed by atoms with Crippen molar-refractivity contribution in [3.8, 4) is 0 Å². The Morgan fingerprint density at radius 3 is 2.63 bits per heavy atom. The van der Waals surface area contributed by atoms with Gasteiger partial charge in [0.05, 0.1) is 10.1 Å². The molecule has 0 heterocycles. The average molecular weight is 330 g/mol. The summed E-state index contributed by atoms with van der Waals surface area (Å²) in [5.74, 6) is -0.239. The summed E-state index contributed by atoms with van der Waals surface area (Å²) in [5.41, 5.74) is 7.22. The highest BCUT2D eigenvalue weighted by Crippen LogP contribution is 2.34. The van der Waals surface area contributed by atoms with Crippen LogP contribution in [-0.2, 0) is 11.2 Å². The van der Waals surface area contributed by atoms with Crippen LogP contribution in [0.4, 0.5) is 4.39 Å². The third-order valence-corrected chi connectivity index (χ3v) is 4.83. The molecule has 0 aromatic heterocycles. The summed E-state index contributed by atoms with van der Waals surface area (Å²) in [7, 11) is 1.76. The fourth-order valence-electron chi connectivity index (χ4n) is 2.98. The van der Waals surface area contributed by atoms with E-state index in [1.54, 1.807) is 19.2 Å². The summed E-state index contributed by atoms with van der Waals surface area (Å²) in [5, 5.41) is 0. The molecule has 0 saturated heterocycles. The molecule has 0 radical (unpaired) electrons. The Morgan fingerprint density at radius 1 is 1.37 bits per heavy atom. The van der Waals surface area contributed by atoms with Crippen molar-refractivity contribution in [1.82, 2.24) is 0 Å². The van der Waals surface area contributed by atoms with Crippen LogP contribution >= 0.6 is 15.9 Å². The third kappa shape index (κ3) is 3.36. The number of hydrogen-bond acceptors (Lipinski definition) is 2. The third-order valence-electron chi connectivity index (χ3n) is 4.22. The van der Waals surface area contributed by atoms with E-state index in [-0.39, 0.29) is 17.5 Å². The van der Waals surface area contributed by atoms with Crippen molar-refractivity contribution in [2.24, 2.45) is 5.73 Å². The van der Waals surface area contributed by atoms with Gasteiger partial charge in [-0.15, -0.1) is 0 Å². The summed E-state index contributed by atoms with van der Waals surface area (Å²) < 4.78 is 19.5. The zero-order valence-electron chi connectivity index (χ0n) is 11.3. The standard InChI is InChI=1S/C15H21BrFNO/c1-19-15(7-3-2-4-8-15)14(18)10-11-5-6-13(17)12(16)9-11/h5-6,9,14H,2-4,7-8,10,18H2,1H3. The second-order valence-corrected chi connectivity index (χ2v) is 6.24. The number of halogens is 2. The van der Waals surface area contributed by atoms with Gasteiger partial charge in [0.15, 0.2) is 0 Å². The largest absolute Gasteiger partial charge is 0.377 e. The molecule has 1 aromatic rings. The van der Waals surface area contributed by atoms with E-state index < -0.39 is 0 Å². The van der Waals surface area contributed by atoms with Crippen molar-refractivity contribution in [3.05, 3.63) is 34.1 Å². The van der Waals surface area contributed by atoms with Crippen molar-refractivity contribution in [2.45, 2.75) is 50.2 Å². The Kier molecular flexibility index (Phi) is 4.98. The Bertz CT molecular complexity index is 432. The SMILES string of the molecule is COC1(C(N)Cc2ccc(F)c(Br)c2)CCCCC1. The van der Waals surface area contributed by atoms with E-state index in [2.05, 4.69) is 15.9 Å². The van der Waals surface area contributed by atoms with Crippen molar-refractivity contribution in [2.75, 3.05) is 7.11 Å². The quantitative estimate of drug-likeness (QED) is 0.911. The van der Waals surface area contributed by atoms with Gasteiger partial charge in [-0.3, -0.25) is 0 Å². The van der Waals surface area contributed by atoms with Gasteiger partial charge in [0, 0.05) is 13.2 Å². The minimum Gasteiger partial charge on any atom is -0.377 e. The van der Waals surface area contributed by atoms with Crippen LogP contribution in [0.1, 0.15) is 37.7 Å². The fourth-order valence-corrected chi connectivity index (χ4v) is 3.41. The predicted molar refractivity (Wildman–Crippen MR) is 78.6 cm³/mol. The topological polar surface area (TPSA) is 35.2 Å². The maximum atomic E-state index is 13.2. The molecule has 1 aliphatic rings. The summed E-state index contributed by atoms with van der Waals surface area (Å²) in [4.78, 5) is 0. The molecule has 0 spiro atoms. The highest BCUT2D eigenvalue weighted by atomic mass is 79.9. The first-order valence-electron chi connectivity index (χ1n) is 6.82. The average Bonchev–Trinajstić information content (AvgIpc) is 2.43. The Hall–Kier alpha value is -0.450. The van der Waals surface area contributed by atoms with Gasteiger partial charge in [-0.05, 0) is 52.9 Å². The summed E-state index contributed by atoms with van der Waals surface area (Å²) in [6.45, 7) is 0. The highest BCUT2D eigenvalue weighted by molar-refractivity contribution is 9.10. The Morgan fingerprint density at radius 2 is 2.05 bits per heavy atom. The lowest BCUT2D eigenvalue weighted by Gasteiger charge is -2.41. The van der Waals surface area contributed by atoms with Crippen LogP contribution in [0.15, 0.2) is 22.7 Å². The zero-order chi connectivity index (χ0) is 13.9. The van der Waals surface area contributed by atoms with Gasteiger partial charge >= 0.3 is 0 Å². The molecule has 2 nitrogen and oxygen atoms in total. The lowest BCUT2D eigenvalue weighted by Crippen LogP contribution is -2.51. The van der Waals surface area contributed by atoms with Crippen molar-refractivity contribution in [3.63, 3.8) is 0 Å². The molecule has 106 valence electrons. The van der Waals surface area contributed by atoms with Crippen LogP contribution in [0, 0.1) is 5.82 Å².